The predicted molar refractivity (Wildman–Crippen MR) is 320 cm³/mol. The third kappa shape index (κ3) is 59.4. The summed E-state index contributed by atoms with van der Waals surface area (Å²) in [5.41, 5.74) is 0. The fourth-order valence-electron chi connectivity index (χ4n) is 10.4. The number of amides is 1. The first-order chi connectivity index (χ1) is 36.0. The lowest BCUT2D eigenvalue weighted by molar-refractivity contribution is -0.143. The zero-order valence-corrected chi connectivity index (χ0v) is 49.4. The molecule has 0 saturated carbocycles. The number of hydrogen-bond acceptors (Lipinski definition) is 5. The van der Waals surface area contributed by atoms with Crippen molar-refractivity contribution in [2.24, 2.45) is 0 Å². The van der Waals surface area contributed by atoms with Crippen molar-refractivity contribution in [2.75, 3.05) is 13.2 Å². The predicted octanol–water partition coefficient (Wildman–Crippen LogP) is 21.0. The van der Waals surface area contributed by atoms with Gasteiger partial charge in [0.25, 0.3) is 0 Å². The Labute approximate surface area is 456 Å². The van der Waals surface area contributed by atoms with Gasteiger partial charge in [0.05, 0.1) is 25.4 Å². The number of rotatable bonds is 62. The molecule has 0 aliphatic rings. The minimum atomic E-state index is -0.673. The number of aliphatic hydroxyl groups is 2. The smallest absolute Gasteiger partial charge is 0.305 e. The van der Waals surface area contributed by atoms with Crippen molar-refractivity contribution in [3.63, 3.8) is 0 Å². The zero-order valence-electron chi connectivity index (χ0n) is 49.4. The monoisotopic (exact) mass is 1030 g/mol. The number of esters is 1. The summed E-state index contributed by atoms with van der Waals surface area (Å²) in [5.74, 6) is -0.0502. The molecule has 0 fully saturated rings. The van der Waals surface area contributed by atoms with Crippen LogP contribution in [0.1, 0.15) is 367 Å². The molecule has 73 heavy (non-hydrogen) atoms. The van der Waals surface area contributed by atoms with Crippen molar-refractivity contribution in [1.29, 1.82) is 0 Å². The maximum atomic E-state index is 12.5. The molecule has 0 aromatic heterocycles. The summed E-state index contributed by atoms with van der Waals surface area (Å²) < 4.78 is 5.49. The van der Waals surface area contributed by atoms with Crippen LogP contribution in [0, 0.1) is 0 Å². The van der Waals surface area contributed by atoms with Gasteiger partial charge in [-0.15, -0.1) is 0 Å². The van der Waals surface area contributed by atoms with E-state index in [4.69, 9.17) is 4.74 Å². The highest BCUT2D eigenvalue weighted by Gasteiger charge is 2.20. The summed E-state index contributed by atoms with van der Waals surface area (Å²) >= 11 is 0. The van der Waals surface area contributed by atoms with Crippen LogP contribution in [0.15, 0.2) is 24.3 Å². The number of carbonyl (C=O) groups is 2. The van der Waals surface area contributed by atoms with Gasteiger partial charge in [-0.2, -0.15) is 0 Å². The molecular weight excluding hydrogens is 899 g/mol. The van der Waals surface area contributed by atoms with Crippen molar-refractivity contribution in [1.82, 2.24) is 5.32 Å². The van der Waals surface area contributed by atoms with Crippen LogP contribution in [0.2, 0.25) is 0 Å². The van der Waals surface area contributed by atoms with Crippen LogP contribution in [-0.2, 0) is 14.3 Å². The second-order valence-corrected chi connectivity index (χ2v) is 22.8. The third-order valence-corrected chi connectivity index (χ3v) is 15.5. The lowest BCUT2D eigenvalue weighted by Gasteiger charge is -2.22. The molecule has 432 valence electrons. The first-order valence-electron chi connectivity index (χ1n) is 33.1. The summed E-state index contributed by atoms with van der Waals surface area (Å²) in [6.45, 7) is 4.93. The van der Waals surface area contributed by atoms with Crippen molar-refractivity contribution >= 4 is 11.9 Å². The number of hydrogen-bond donors (Lipinski definition) is 3. The maximum absolute atomic E-state index is 12.5. The molecule has 0 aliphatic carbocycles. The highest BCUT2D eigenvalue weighted by molar-refractivity contribution is 5.76. The molecule has 0 spiro atoms. The molecule has 6 nitrogen and oxygen atoms in total. The average molecular weight is 1030 g/mol. The van der Waals surface area contributed by atoms with Crippen LogP contribution >= 0.6 is 0 Å². The second kappa shape index (κ2) is 62.9. The van der Waals surface area contributed by atoms with Crippen LogP contribution in [0.4, 0.5) is 0 Å². The Bertz CT molecular complexity index is 1140. The zero-order chi connectivity index (χ0) is 52.9. The van der Waals surface area contributed by atoms with Crippen LogP contribution in [0.3, 0.4) is 0 Å². The van der Waals surface area contributed by atoms with Gasteiger partial charge in [-0.05, 0) is 57.8 Å². The molecule has 0 bridgehead atoms. The molecule has 0 saturated heterocycles. The van der Waals surface area contributed by atoms with E-state index in [1.54, 1.807) is 0 Å². The lowest BCUT2D eigenvalue weighted by Crippen LogP contribution is -2.45. The Kier molecular flexibility index (Phi) is 61.4. The first-order valence-corrected chi connectivity index (χ1v) is 33.1. The molecule has 3 N–H and O–H groups in total. The maximum Gasteiger partial charge on any atom is 0.305 e. The van der Waals surface area contributed by atoms with Crippen LogP contribution < -0.4 is 5.32 Å². The number of unbranched alkanes of at least 4 members (excludes halogenated alkanes) is 47. The van der Waals surface area contributed by atoms with Crippen molar-refractivity contribution in [2.45, 2.75) is 379 Å². The minimum absolute atomic E-state index is 0.00863. The van der Waals surface area contributed by atoms with E-state index in [-0.39, 0.29) is 18.5 Å². The molecule has 0 aromatic rings. The van der Waals surface area contributed by atoms with Gasteiger partial charge in [0.1, 0.15) is 0 Å². The van der Waals surface area contributed by atoms with Gasteiger partial charge in [0.2, 0.25) is 5.91 Å². The van der Waals surface area contributed by atoms with E-state index in [0.29, 0.717) is 25.9 Å². The summed E-state index contributed by atoms with van der Waals surface area (Å²) in [7, 11) is 0. The molecule has 0 rings (SSSR count). The first kappa shape index (κ1) is 71.3. The number of allylic oxidation sites excluding steroid dienone is 4. The molecule has 0 heterocycles. The molecule has 0 aliphatic heterocycles. The quantitative estimate of drug-likeness (QED) is 0.0320. The van der Waals surface area contributed by atoms with E-state index in [1.165, 1.54) is 276 Å². The largest absolute Gasteiger partial charge is 0.466 e. The highest BCUT2D eigenvalue weighted by atomic mass is 16.5. The molecule has 6 heteroatoms. The fraction of sp³-hybridized carbons (Fsp3) is 0.910. The summed E-state index contributed by atoms with van der Waals surface area (Å²) in [5, 5.41) is 23.4. The van der Waals surface area contributed by atoms with Gasteiger partial charge in [-0.25, -0.2) is 0 Å². The van der Waals surface area contributed by atoms with Gasteiger partial charge < -0.3 is 20.3 Å². The molecule has 0 radical (unpaired) electrons. The van der Waals surface area contributed by atoms with Crippen molar-refractivity contribution in [3.8, 4) is 0 Å². The van der Waals surface area contributed by atoms with Gasteiger partial charge in [0.15, 0.2) is 0 Å². The van der Waals surface area contributed by atoms with Gasteiger partial charge in [-0.3, -0.25) is 9.59 Å². The van der Waals surface area contributed by atoms with Crippen LogP contribution in [0.25, 0.3) is 0 Å². The number of nitrogens with one attached hydrogen (secondary N) is 1. The molecule has 2 atom stereocenters. The Morgan fingerprint density at radius 2 is 0.685 bits per heavy atom. The van der Waals surface area contributed by atoms with E-state index < -0.39 is 12.1 Å². The van der Waals surface area contributed by atoms with E-state index in [2.05, 4.69) is 43.5 Å². The summed E-state index contributed by atoms with van der Waals surface area (Å²) in [6.07, 6.45) is 77.6. The van der Waals surface area contributed by atoms with Crippen molar-refractivity contribution < 1.29 is 24.5 Å². The van der Waals surface area contributed by atoms with Gasteiger partial charge in [-0.1, -0.05) is 321 Å². The number of carbonyl (C=O) groups excluding carboxylic acids is 2. The normalized spacial score (nSPS) is 12.7. The Balaban J connectivity index is 3.42. The van der Waals surface area contributed by atoms with E-state index in [9.17, 15) is 19.8 Å². The SMILES string of the molecule is CCCCC/C=C\C/C=C\CCCCCCCCCC(=O)OCCCCCCCCCCCCCCCCC(=O)NC(CO)C(O)CCCCCCCCCCCCCCCCCCCCCCCCCCC. The van der Waals surface area contributed by atoms with Crippen LogP contribution in [-0.4, -0.2) is 47.4 Å². The fourth-order valence-corrected chi connectivity index (χ4v) is 10.4. The van der Waals surface area contributed by atoms with Gasteiger partial charge in [0, 0.05) is 12.8 Å². The average Bonchev–Trinajstić information content (AvgIpc) is 3.39. The second-order valence-electron chi connectivity index (χ2n) is 22.8. The van der Waals surface area contributed by atoms with E-state index >= 15 is 0 Å². The highest BCUT2D eigenvalue weighted by Crippen LogP contribution is 2.18. The number of ether oxygens (including phenoxy) is 1. The molecular formula is C67H129NO5. The van der Waals surface area contributed by atoms with Crippen LogP contribution in [0.5, 0.6) is 0 Å². The molecule has 2 unspecified atom stereocenters. The number of aliphatic hydroxyl groups excluding tert-OH is 2. The standard InChI is InChI=1S/C67H129NO5/c1-3-5-7-9-11-13-15-17-19-21-22-23-24-25-26-27-28-30-31-35-39-43-47-51-55-59-65(70)64(63-69)68-66(71)60-56-52-48-44-40-36-33-34-38-42-46-50-54-58-62-73-67(72)61-57-53-49-45-41-37-32-29-20-18-16-14-12-10-8-6-4-2/h12,14,18,20,64-65,69-70H,3-11,13,15-17,19,21-63H2,1-2H3,(H,68,71)/b14-12-,20-18-. The molecule has 1 amide bonds. The van der Waals surface area contributed by atoms with E-state index in [0.717, 1.165) is 57.8 Å². The topological polar surface area (TPSA) is 95.9 Å². The van der Waals surface area contributed by atoms with E-state index in [1.807, 2.05) is 0 Å². The Morgan fingerprint density at radius 1 is 0.384 bits per heavy atom. The van der Waals surface area contributed by atoms with Gasteiger partial charge >= 0.3 is 5.97 Å². The Hall–Kier alpha value is -1.66. The van der Waals surface area contributed by atoms with Crippen molar-refractivity contribution in [3.05, 3.63) is 24.3 Å². The Morgan fingerprint density at radius 3 is 1.07 bits per heavy atom. The third-order valence-electron chi connectivity index (χ3n) is 15.5. The molecule has 0 aromatic carbocycles. The lowest BCUT2D eigenvalue weighted by atomic mass is 10.0. The minimum Gasteiger partial charge on any atom is -0.466 e. The summed E-state index contributed by atoms with van der Waals surface area (Å²) in [4.78, 5) is 24.6. The summed E-state index contributed by atoms with van der Waals surface area (Å²) in [6, 6.07) is -0.551.